The van der Waals surface area contributed by atoms with Crippen molar-refractivity contribution in [1.82, 2.24) is 25.2 Å². The lowest BCUT2D eigenvalue weighted by Crippen LogP contribution is -2.53. The molecule has 2 aromatic rings. The normalized spacial score (nSPS) is 22.4. The Hall–Kier alpha value is -2.49. The molecule has 2 N–H and O–H groups in total. The summed E-state index contributed by atoms with van der Waals surface area (Å²) in [7, 11) is -3.07. The lowest BCUT2D eigenvalue weighted by molar-refractivity contribution is -0.133. The highest BCUT2D eigenvalue weighted by Crippen LogP contribution is 2.39. The van der Waals surface area contributed by atoms with Crippen LogP contribution >= 0.6 is 0 Å². The van der Waals surface area contributed by atoms with Crippen LogP contribution in [0.4, 0.5) is 0 Å². The number of carbonyl (C=O) groups is 2. The van der Waals surface area contributed by atoms with Gasteiger partial charge in [0, 0.05) is 25.2 Å². The Morgan fingerprint density at radius 1 is 1.17 bits per heavy atom. The average molecular weight is 417 g/mol. The molecule has 0 spiro atoms. The van der Waals surface area contributed by atoms with E-state index in [9.17, 15) is 18.0 Å². The highest BCUT2D eigenvalue weighted by atomic mass is 32.2. The van der Waals surface area contributed by atoms with Crippen LogP contribution in [0.15, 0.2) is 12.4 Å². The van der Waals surface area contributed by atoms with E-state index in [0.717, 1.165) is 31.4 Å². The fourth-order valence-electron chi connectivity index (χ4n) is 3.81. The SMILES string of the molecule is O=C(N[C@@H](C(=O)N1CCS(=O)(=O)CC1)C1CC1)c1c[nH]c2ncc(C3CC3)nc12. The van der Waals surface area contributed by atoms with Crippen molar-refractivity contribution in [3.05, 3.63) is 23.7 Å². The smallest absolute Gasteiger partial charge is 0.255 e. The van der Waals surface area contributed by atoms with Gasteiger partial charge in [0.05, 0.1) is 29.0 Å². The van der Waals surface area contributed by atoms with Crippen molar-refractivity contribution in [3.8, 4) is 0 Å². The first-order valence-electron chi connectivity index (χ1n) is 10.1. The molecule has 3 aliphatic rings. The number of carbonyl (C=O) groups excluding carboxylic acids is 2. The molecule has 2 amide bonds. The first kappa shape index (κ1) is 18.5. The number of amides is 2. The number of aromatic nitrogens is 3. The lowest BCUT2D eigenvalue weighted by Gasteiger charge is -2.30. The maximum absolute atomic E-state index is 13.0. The Kier molecular flexibility index (Phi) is 4.34. The van der Waals surface area contributed by atoms with E-state index in [1.807, 2.05) is 0 Å². The quantitative estimate of drug-likeness (QED) is 0.734. The number of fused-ring (bicyclic) bond motifs is 1. The fraction of sp³-hybridized carbons (Fsp3) is 0.579. The molecular weight excluding hydrogens is 394 g/mol. The summed E-state index contributed by atoms with van der Waals surface area (Å²) in [4.78, 5) is 39.5. The van der Waals surface area contributed by atoms with Crippen LogP contribution in [0, 0.1) is 5.92 Å². The van der Waals surface area contributed by atoms with Crippen LogP contribution in [0.25, 0.3) is 11.2 Å². The molecule has 5 rings (SSSR count). The largest absolute Gasteiger partial charge is 0.344 e. The van der Waals surface area contributed by atoms with Gasteiger partial charge in [0.2, 0.25) is 5.91 Å². The van der Waals surface area contributed by atoms with Crippen LogP contribution in [0.1, 0.15) is 47.7 Å². The molecule has 0 aromatic carbocycles. The van der Waals surface area contributed by atoms with Gasteiger partial charge >= 0.3 is 0 Å². The average Bonchev–Trinajstić information content (AvgIpc) is 3.62. The molecule has 2 saturated carbocycles. The van der Waals surface area contributed by atoms with Gasteiger partial charge < -0.3 is 15.2 Å². The molecule has 29 heavy (non-hydrogen) atoms. The Morgan fingerprint density at radius 3 is 2.55 bits per heavy atom. The van der Waals surface area contributed by atoms with Gasteiger partial charge in [0.25, 0.3) is 5.91 Å². The summed E-state index contributed by atoms with van der Waals surface area (Å²) in [6.07, 6.45) is 7.27. The van der Waals surface area contributed by atoms with Crippen molar-refractivity contribution in [2.45, 2.75) is 37.6 Å². The monoisotopic (exact) mass is 417 g/mol. The third kappa shape index (κ3) is 3.73. The zero-order valence-corrected chi connectivity index (χ0v) is 16.7. The molecule has 2 aliphatic carbocycles. The maximum Gasteiger partial charge on any atom is 0.255 e. The van der Waals surface area contributed by atoms with Gasteiger partial charge in [0.1, 0.15) is 11.6 Å². The molecule has 1 atom stereocenters. The van der Waals surface area contributed by atoms with Crippen LogP contribution in [-0.2, 0) is 14.6 Å². The Labute approximate surface area is 168 Å². The van der Waals surface area contributed by atoms with Gasteiger partial charge in [-0.2, -0.15) is 0 Å². The number of aromatic amines is 1. The number of nitrogens with one attached hydrogen (secondary N) is 2. The molecule has 3 fully saturated rings. The van der Waals surface area contributed by atoms with Gasteiger partial charge in [0.15, 0.2) is 15.5 Å². The number of rotatable bonds is 5. The molecule has 1 aliphatic heterocycles. The molecule has 0 radical (unpaired) electrons. The van der Waals surface area contributed by atoms with Gasteiger partial charge in [-0.15, -0.1) is 0 Å². The van der Waals surface area contributed by atoms with Crippen LogP contribution in [-0.4, -0.2) is 70.7 Å². The van der Waals surface area contributed by atoms with Gasteiger partial charge in [-0.3, -0.25) is 9.59 Å². The first-order valence-corrected chi connectivity index (χ1v) is 11.9. The molecular formula is C19H23N5O4S. The van der Waals surface area contributed by atoms with E-state index in [1.54, 1.807) is 17.3 Å². The van der Waals surface area contributed by atoms with Gasteiger partial charge in [-0.25, -0.2) is 18.4 Å². The fourth-order valence-corrected chi connectivity index (χ4v) is 5.01. The van der Waals surface area contributed by atoms with E-state index in [1.165, 1.54) is 0 Å². The third-order valence-electron chi connectivity index (χ3n) is 5.94. The van der Waals surface area contributed by atoms with Crippen LogP contribution in [0.5, 0.6) is 0 Å². The number of nitrogens with zero attached hydrogens (tertiary/aromatic N) is 3. The van der Waals surface area contributed by atoms with Crippen molar-refractivity contribution >= 4 is 32.8 Å². The van der Waals surface area contributed by atoms with Crippen LogP contribution < -0.4 is 5.32 Å². The second-order valence-electron chi connectivity index (χ2n) is 8.23. The molecule has 9 nitrogen and oxygen atoms in total. The van der Waals surface area contributed by atoms with Crippen molar-refractivity contribution in [1.29, 1.82) is 0 Å². The van der Waals surface area contributed by atoms with Crippen molar-refractivity contribution < 1.29 is 18.0 Å². The summed E-state index contributed by atoms with van der Waals surface area (Å²) in [5.41, 5.74) is 2.36. The summed E-state index contributed by atoms with van der Waals surface area (Å²) in [6.45, 7) is 0.368. The molecule has 1 saturated heterocycles. The minimum absolute atomic E-state index is 0.0218. The highest BCUT2D eigenvalue weighted by molar-refractivity contribution is 7.91. The van der Waals surface area contributed by atoms with E-state index in [0.29, 0.717) is 22.6 Å². The number of sulfone groups is 1. The van der Waals surface area contributed by atoms with Gasteiger partial charge in [-0.05, 0) is 31.6 Å². The summed E-state index contributed by atoms with van der Waals surface area (Å²) >= 11 is 0. The van der Waals surface area contributed by atoms with Crippen molar-refractivity contribution in [2.75, 3.05) is 24.6 Å². The van der Waals surface area contributed by atoms with E-state index >= 15 is 0 Å². The second-order valence-corrected chi connectivity index (χ2v) is 10.5. The standard InChI is InChI=1S/C19H23N5O4S/c25-18(13-9-20-17-16(13)22-14(10-21-17)11-1-2-11)23-15(12-3-4-12)19(26)24-5-7-29(27,28)8-6-24/h9-12,15H,1-8H2,(H,20,21)(H,23,25)/t15-/m1/s1. The van der Waals surface area contributed by atoms with Crippen LogP contribution in [0.2, 0.25) is 0 Å². The zero-order valence-electron chi connectivity index (χ0n) is 15.9. The number of hydrogen-bond acceptors (Lipinski definition) is 6. The first-order chi connectivity index (χ1) is 13.9. The number of hydrogen-bond donors (Lipinski definition) is 2. The lowest BCUT2D eigenvalue weighted by atomic mass is 10.1. The minimum Gasteiger partial charge on any atom is -0.344 e. The Balaban J connectivity index is 1.35. The maximum atomic E-state index is 13.0. The molecule has 3 heterocycles. The van der Waals surface area contributed by atoms with E-state index < -0.39 is 15.9 Å². The van der Waals surface area contributed by atoms with E-state index in [2.05, 4.69) is 20.3 Å². The predicted molar refractivity (Wildman–Crippen MR) is 105 cm³/mol. The molecule has 154 valence electrons. The topological polar surface area (TPSA) is 125 Å². The van der Waals surface area contributed by atoms with E-state index in [-0.39, 0.29) is 42.3 Å². The predicted octanol–water partition coefficient (Wildman–Crippen LogP) is 0.601. The summed E-state index contributed by atoms with van der Waals surface area (Å²) in [5.74, 6) is -0.0659. The molecule has 0 unspecified atom stereocenters. The van der Waals surface area contributed by atoms with Crippen molar-refractivity contribution in [2.24, 2.45) is 5.92 Å². The summed E-state index contributed by atoms with van der Waals surface area (Å²) in [5, 5.41) is 2.89. The highest BCUT2D eigenvalue weighted by Gasteiger charge is 2.41. The molecule has 10 heteroatoms. The van der Waals surface area contributed by atoms with Crippen LogP contribution in [0.3, 0.4) is 0 Å². The Morgan fingerprint density at radius 2 is 1.90 bits per heavy atom. The summed E-state index contributed by atoms with van der Waals surface area (Å²) < 4.78 is 23.3. The molecule has 2 aromatic heterocycles. The van der Waals surface area contributed by atoms with Crippen molar-refractivity contribution in [3.63, 3.8) is 0 Å². The minimum atomic E-state index is -3.07. The number of H-pyrrole nitrogens is 1. The molecule has 0 bridgehead atoms. The second kappa shape index (κ2) is 6.79. The van der Waals surface area contributed by atoms with E-state index in [4.69, 9.17) is 0 Å². The zero-order chi connectivity index (χ0) is 20.2. The third-order valence-corrected chi connectivity index (χ3v) is 7.55. The Bertz CT molecular complexity index is 1070. The summed E-state index contributed by atoms with van der Waals surface area (Å²) in [6, 6.07) is -0.632. The van der Waals surface area contributed by atoms with Gasteiger partial charge in [-0.1, -0.05) is 0 Å².